The number of aryl methyl sites for hydroxylation is 1. The van der Waals surface area contributed by atoms with Crippen molar-refractivity contribution in [1.82, 2.24) is 0 Å². The molecule has 2 aromatic rings. The maximum absolute atomic E-state index is 13.6. The van der Waals surface area contributed by atoms with E-state index in [9.17, 15) is 4.39 Å². The van der Waals surface area contributed by atoms with Crippen LogP contribution < -0.4 is 10.5 Å². The van der Waals surface area contributed by atoms with Gasteiger partial charge in [-0.25, -0.2) is 4.39 Å². The lowest BCUT2D eigenvalue weighted by Gasteiger charge is -2.14. The Hall–Kier alpha value is -1.74. The molecule has 0 saturated carbocycles. The fourth-order valence-electron chi connectivity index (χ4n) is 1.87. The molecule has 0 fully saturated rings. The molecule has 0 heterocycles. The van der Waals surface area contributed by atoms with Crippen LogP contribution in [-0.2, 0) is 6.61 Å². The minimum Gasteiger partial charge on any atom is -0.488 e. The molecule has 0 unspecified atom stereocenters. The molecule has 2 rings (SSSR count). The number of hydrogen-bond donors (Lipinski definition) is 1. The molecule has 100 valence electrons. The van der Waals surface area contributed by atoms with E-state index in [1.54, 1.807) is 6.07 Å². The van der Waals surface area contributed by atoms with Gasteiger partial charge in [0.2, 0.25) is 0 Å². The Kier molecular flexibility index (Phi) is 3.96. The van der Waals surface area contributed by atoms with Crippen molar-refractivity contribution in [3.8, 4) is 5.75 Å². The van der Waals surface area contributed by atoms with Crippen molar-refractivity contribution in [2.45, 2.75) is 20.5 Å². The van der Waals surface area contributed by atoms with Crippen molar-refractivity contribution < 1.29 is 9.13 Å². The molecule has 0 amide bonds. The van der Waals surface area contributed by atoms with Gasteiger partial charge in [0.05, 0.1) is 0 Å². The average Bonchev–Trinajstić information content (AvgIpc) is 2.38. The highest BCUT2D eigenvalue weighted by Crippen LogP contribution is 2.28. The molecular formula is C15H15ClFNO. The van der Waals surface area contributed by atoms with Crippen LogP contribution in [0.25, 0.3) is 0 Å². The lowest BCUT2D eigenvalue weighted by Crippen LogP contribution is -2.03. The van der Waals surface area contributed by atoms with Gasteiger partial charge in [-0.3, -0.25) is 0 Å². The number of hydrogen-bond acceptors (Lipinski definition) is 2. The molecule has 0 radical (unpaired) electrons. The predicted octanol–water partition coefficient (Wildman–Crippen LogP) is 4.26. The zero-order valence-electron chi connectivity index (χ0n) is 10.8. The molecule has 0 aliphatic carbocycles. The van der Waals surface area contributed by atoms with E-state index in [-0.39, 0.29) is 12.4 Å². The Morgan fingerprint density at radius 3 is 2.68 bits per heavy atom. The van der Waals surface area contributed by atoms with Crippen LogP contribution in [0.4, 0.5) is 10.1 Å². The smallest absolute Gasteiger partial charge is 0.129 e. The normalized spacial score (nSPS) is 10.5. The first-order valence-electron chi connectivity index (χ1n) is 5.91. The van der Waals surface area contributed by atoms with Gasteiger partial charge in [0.1, 0.15) is 18.2 Å². The number of anilines is 1. The van der Waals surface area contributed by atoms with Gasteiger partial charge in [-0.2, -0.15) is 0 Å². The Morgan fingerprint density at radius 2 is 1.95 bits per heavy atom. The second-order valence-electron chi connectivity index (χ2n) is 4.45. The van der Waals surface area contributed by atoms with Crippen molar-refractivity contribution in [1.29, 1.82) is 0 Å². The van der Waals surface area contributed by atoms with E-state index < -0.39 is 0 Å². The highest BCUT2D eigenvalue weighted by Gasteiger charge is 2.09. The molecular weight excluding hydrogens is 265 g/mol. The molecule has 0 spiro atoms. The van der Waals surface area contributed by atoms with E-state index in [4.69, 9.17) is 22.1 Å². The summed E-state index contributed by atoms with van der Waals surface area (Å²) in [6.45, 7) is 3.93. The number of rotatable bonds is 3. The maximum Gasteiger partial charge on any atom is 0.129 e. The zero-order valence-corrected chi connectivity index (χ0v) is 11.6. The van der Waals surface area contributed by atoms with Crippen LogP contribution in [0, 0.1) is 19.7 Å². The Morgan fingerprint density at radius 1 is 1.21 bits per heavy atom. The lowest BCUT2D eigenvalue weighted by molar-refractivity contribution is 0.296. The number of nitrogen functional groups attached to an aromatic ring is 1. The number of halogens is 2. The van der Waals surface area contributed by atoms with Crippen molar-refractivity contribution >= 4 is 17.3 Å². The van der Waals surface area contributed by atoms with Crippen molar-refractivity contribution in [3.63, 3.8) is 0 Å². The summed E-state index contributed by atoms with van der Waals surface area (Å²) in [7, 11) is 0. The molecule has 4 heteroatoms. The predicted molar refractivity (Wildman–Crippen MR) is 76.1 cm³/mol. The first kappa shape index (κ1) is 13.7. The summed E-state index contributed by atoms with van der Waals surface area (Å²) in [4.78, 5) is 0. The third-order valence-electron chi connectivity index (χ3n) is 3.02. The highest BCUT2D eigenvalue weighted by atomic mass is 35.5. The first-order chi connectivity index (χ1) is 8.99. The molecule has 0 bridgehead atoms. The summed E-state index contributed by atoms with van der Waals surface area (Å²) < 4.78 is 19.3. The number of ether oxygens (including phenoxy) is 1. The van der Waals surface area contributed by atoms with Crippen molar-refractivity contribution in [2.75, 3.05) is 5.73 Å². The van der Waals surface area contributed by atoms with Gasteiger partial charge < -0.3 is 10.5 Å². The van der Waals surface area contributed by atoms with Gasteiger partial charge in [0, 0.05) is 21.8 Å². The van der Waals surface area contributed by atoms with Gasteiger partial charge in [0.25, 0.3) is 0 Å². The fraction of sp³-hybridized carbons (Fsp3) is 0.200. The third kappa shape index (κ3) is 2.99. The molecule has 0 aliphatic rings. The van der Waals surface area contributed by atoms with Gasteiger partial charge in [-0.15, -0.1) is 0 Å². The topological polar surface area (TPSA) is 35.2 Å². The van der Waals surface area contributed by atoms with Gasteiger partial charge in [-0.05, 0) is 43.7 Å². The SMILES string of the molecule is Cc1ccc(N)c(C)c1OCc1cc(Cl)ccc1F. The largest absolute Gasteiger partial charge is 0.488 e. The molecule has 2 N–H and O–H groups in total. The van der Waals surface area contributed by atoms with E-state index >= 15 is 0 Å². The monoisotopic (exact) mass is 279 g/mol. The molecule has 19 heavy (non-hydrogen) atoms. The van der Waals surface area contributed by atoms with Crippen molar-refractivity contribution in [2.24, 2.45) is 0 Å². The van der Waals surface area contributed by atoms with E-state index in [2.05, 4.69) is 0 Å². The third-order valence-corrected chi connectivity index (χ3v) is 3.26. The Labute approximate surface area is 117 Å². The highest BCUT2D eigenvalue weighted by molar-refractivity contribution is 6.30. The van der Waals surface area contributed by atoms with Crippen LogP contribution in [0.5, 0.6) is 5.75 Å². The van der Waals surface area contributed by atoms with Crippen molar-refractivity contribution in [3.05, 3.63) is 57.9 Å². The van der Waals surface area contributed by atoms with E-state index in [1.165, 1.54) is 12.1 Å². The van der Waals surface area contributed by atoms with Gasteiger partial charge in [-0.1, -0.05) is 17.7 Å². The first-order valence-corrected chi connectivity index (χ1v) is 6.29. The Balaban J connectivity index is 2.24. The quantitative estimate of drug-likeness (QED) is 0.852. The number of benzene rings is 2. The molecule has 0 aliphatic heterocycles. The molecule has 0 atom stereocenters. The van der Waals surface area contributed by atoms with Crippen LogP contribution >= 0.6 is 11.6 Å². The minimum absolute atomic E-state index is 0.123. The molecule has 0 saturated heterocycles. The van der Waals surface area contributed by atoms with E-state index in [0.29, 0.717) is 22.0 Å². The van der Waals surface area contributed by atoms with Crippen LogP contribution in [0.3, 0.4) is 0 Å². The summed E-state index contributed by atoms with van der Waals surface area (Å²) in [5, 5.41) is 0.487. The van der Waals surface area contributed by atoms with Gasteiger partial charge in [0.15, 0.2) is 0 Å². The van der Waals surface area contributed by atoms with Crippen LogP contribution in [0.15, 0.2) is 30.3 Å². The minimum atomic E-state index is -0.330. The second kappa shape index (κ2) is 5.49. The summed E-state index contributed by atoms with van der Waals surface area (Å²) in [5.41, 5.74) is 8.75. The zero-order chi connectivity index (χ0) is 14.0. The van der Waals surface area contributed by atoms with E-state index in [1.807, 2.05) is 26.0 Å². The number of nitrogens with two attached hydrogens (primary N) is 1. The fourth-order valence-corrected chi connectivity index (χ4v) is 2.06. The summed E-state index contributed by atoms with van der Waals surface area (Å²) in [6, 6.07) is 8.12. The average molecular weight is 280 g/mol. The summed E-state index contributed by atoms with van der Waals surface area (Å²) in [6.07, 6.45) is 0. The summed E-state index contributed by atoms with van der Waals surface area (Å²) >= 11 is 5.84. The van der Waals surface area contributed by atoms with Crippen LogP contribution in [0.1, 0.15) is 16.7 Å². The molecule has 2 aromatic carbocycles. The second-order valence-corrected chi connectivity index (χ2v) is 4.89. The van der Waals surface area contributed by atoms with Gasteiger partial charge >= 0.3 is 0 Å². The van der Waals surface area contributed by atoms with E-state index in [0.717, 1.165) is 11.1 Å². The van der Waals surface area contributed by atoms with Crippen LogP contribution in [0.2, 0.25) is 5.02 Å². The summed E-state index contributed by atoms with van der Waals surface area (Å²) in [5.74, 6) is 0.364. The Bertz CT molecular complexity index is 613. The molecule has 2 nitrogen and oxygen atoms in total. The molecule has 0 aromatic heterocycles. The van der Waals surface area contributed by atoms with Crippen LogP contribution in [-0.4, -0.2) is 0 Å². The lowest BCUT2D eigenvalue weighted by atomic mass is 10.1. The maximum atomic E-state index is 13.6. The standard InChI is InChI=1S/C15H15ClFNO/c1-9-3-6-14(18)10(2)15(9)19-8-11-7-12(16)4-5-13(11)17/h3-7H,8,18H2,1-2H3.